The summed E-state index contributed by atoms with van der Waals surface area (Å²) in [6.45, 7) is 1.08. The Morgan fingerprint density at radius 1 is 1.26 bits per heavy atom. The summed E-state index contributed by atoms with van der Waals surface area (Å²) in [7, 11) is 1.84. The normalized spacial score (nSPS) is 22.8. The van der Waals surface area contributed by atoms with Crippen LogP contribution in [0.3, 0.4) is 0 Å². The first-order chi connectivity index (χ1) is 15.7. The number of rotatable bonds is 9. The van der Waals surface area contributed by atoms with Gasteiger partial charge in [-0.1, -0.05) is 0 Å². The fourth-order valence-corrected chi connectivity index (χ4v) is 3.73. The van der Waals surface area contributed by atoms with Gasteiger partial charge in [0.25, 0.3) is 5.91 Å². The number of fused-ring (bicyclic) bond motifs is 1. The third kappa shape index (κ3) is 7.03. The molecule has 0 spiro atoms. The maximum atomic E-state index is 12.3. The molecule has 2 aliphatic heterocycles. The molecule has 2 aliphatic rings. The van der Waals surface area contributed by atoms with Crippen molar-refractivity contribution in [3.63, 3.8) is 0 Å². The summed E-state index contributed by atoms with van der Waals surface area (Å²) in [6, 6.07) is 4.37. The smallest absolute Gasteiger partial charge is 0.550 e. The second-order valence-corrected chi connectivity index (χ2v) is 7.83. The summed E-state index contributed by atoms with van der Waals surface area (Å²) >= 11 is 0. The summed E-state index contributed by atoms with van der Waals surface area (Å²) in [5.41, 5.74) is 6.53. The fraction of sp³-hybridized carbons (Fsp3) is 0.450. The number of likely N-dealkylation sites (N-methyl/N-ethyl adjacent to an activating group) is 1. The topological polar surface area (TPSA) is 204 Å². The number of carboxylic acid groups (broad SMARTS) is 2. The molecule has 178 valence electrons. The van der Waals surface area contributed by atoms with E-state index in [4.69, 9.17) is 5.73 Å². The number of carbonyl (C=O) groups is 4. The monoisotopic (exact) mass is 499 g/mol. The Hall–Kier alpha value is -2.45. The van der Waals surface area contributed by atoms with Gasteiger partial charge in [0.1, 0.15) is 12.2 Å². The number of hydrogen-bond acceptors (Lipinski definition) is 11. The predicted octanol–water partition coefficient (Wildman–Crippen LogP) is -4.86. The van der Waals surface area contributed by atoms with Gasteiger partial charge in [0, 0.05) is 36.4 Å². The first kappa shape index (κ1) is 27.8. The number of aliphatic carboxylic acids is 2. The van der Waals surface area contributed by atoms with E-state index in [-0.39, 0.29) is 67.6 Å². The van der Waals surface area contributed by atoms with Crippen LogP contribution in [0.15, 0.2) is 29.3 Å². The zero-order valence-electron chi connectivity index (χ0n) is 18.6. The molecule has 0 aliphatic carbocycles. The Kier molecular flexibility index (Phi) is 10.1. The maximum Gasteiger partial charge on any atom is 2.00 e. The Bertz CT molecular complexity index is 957. The molecule has 0 bridgehead atoms. The zero-order chi connectivity index (χ0) is 24.1. The summed E-state index contributed by atoms with van der Waals surface area (Å²) in [5.74, 6) is -3.79. The van der Waals surface area contributed by atoms with Gasteiger partial charge in [0.15, 0.2) is 5.96 Å². The van der Waals surface area contributed by atoms with E-state index in [9.17, 15) is 29.4 Å². The number of aliphatic imine (C=N–C) groups is 1. The minimum absolute atomic E-state index is 0. The van der Waals surface area contributed by atoms with Crippen molar-refractivity contribution in [2.45, 2.75) is 37.1 Å². The van der Waals surface area contributed by atoms with Crippen LogP contribution in [0, 0.1) is 0 Å². The average molecular weight is 500 g/mol. The van der Waals surface area contributed by atoms with Gasteiger partial charge < -0.3 is 36.2 Å². The first-order valence-electron chi connectivity index (χ1n) is 10.3. The number of guanidine groups is 1. The van der Waals surface area contributed by atoms with E-state index in [1.54, 1.807) is 12.1 Å². The van der Waals surface area contributed by atoms with Crippen molar-refractivity contribution in [2.75, 3.05) is 25.5 Å². The van der Waals surface area contributed by atoms with E-state index in [0.29, 0.717) is 18.8 Å². The molecule has 2 heterocycles. The molecular formula is C20H25CaN7O6. The molecule has 14 heteroatoms. The Balaban J connectivity index is 0.00000408. The molecule has 0 radical (unpaired) electrons. The van der Waals surface area contributed by atoms with Gasteiger partial charge in [0.2, 0.25) is 5.91 Å². The van der Waals surface area contributed by atoms with Crippen LogP contribution in [0.5, 0.6) is 0 Å². The molecule has 4 unspecified atom stereocenters. The quantitative estimate of drug-likeness (QED) is 0.205. The number of piperazine rings is 1. The molecular weight excluding hydrogens is 474 g/mol. The van der Waals surface area contributed by atoms with Crippen molar-refractivity contribution in [2.24, 2.45) is 10.7 Å². The second-order valence-electron chi connectivity index (χ2n) is 7.83. The summed E-state index contributed by atoms with van der Waals surface area (Å²) in [6.07, 6.45) is -1.26. The number of anilines is 1. The van der Waals surface area contributed by atoms with Gasteiger partial charge >= 0.3 is 37.7 Å². The Morgan fingerprint density at radius 2 is 1.94 bits per heavy atom. The number of nitrogens with zero attached hydrogens (tertiary/aromatic N) is 2. The van der Waals surface area contributed by atoms with Gasteiger partial charge in [0.05, 0.1) is 12.0 Å². The predicted molar refractivity (Wildman–Crippen MR) is 118 cm³/mol. The summed E-state index contributed by atoms with van der Waals surface area (Å²) in [5, 5.41) is 32.9. The molecule has 0 aromatic heterocycles. The molecule has 4 atom stereocenters. The zero-order valence-corrected chi connectivity index (χ0v) is 20.8. The van der Waals surface area contributed by atoms with Crippen LogP contribution < -0.4 is 37.2 Å². The molecule has 13 nitrogen and oxygen atoms in total. The van der Waals surface area contributed by atoms with Crippen LogP contribution in [0.4, 0.5) is 5.69 Å². The van der Waals surface area contributed by atoms with Crippen molar-refractivity contribution in [1.82, 2.24) is 20.9 Å². The number of nitrogens with two attached hydrogens (primary N) is 1. The van der Waals surface area contributed by atoms with E-state index in [0.717, 1.165) is 0 Å². The van der Waals surface area contributed by atoms with Gasteiger partial charge in [-0.2, -0.15) is 0 Å². The minimum Gasteiger partial charge on any atom is -0.550 e. The van der Waals surface area contributed by atoms with Gasteiger partial charge in [-0.05, 0) is 44.2 Å². The van der Waals surface area contributed by atoms with Crippen molar-refractivity contribution < 1.29 is 29.4 Å². The average Bonchev–Trinajstić information content (AvgIpc) is 2.75. The van der Waals surface area contributed by atoms with Crippen molar-refractivity contribution in [3.05, 3.63) is 29.8 Å². The third-order valence-electron chi connectivity index (χ3n) is 5.59. The second kappa shape index (κ2) is 12.3. The molecule has 1 saturated heterocycles. The van der Waals surface area contributed by atoms with Crippen molar-refractivity contribution in [1.29, 1.82) is 0 Å². The van der Waals surface area contributed by atoms with Crippen molar-refractivity contribution >= 4 is 73.1 Å². The van der Waals surface area contributed by atoms with E-state index in [1.165, 1.54) is 12.1 Å². The standard InChI is InChI=1S/C20H27N7O6.Ca/c1-27-12(9-23-16-15(27)18(31)26-20(21)25-16)8-22-11-4-2-10(3-5-11)17(30)24-13(19(32)33)6-7-14(28)29;/h2-5,12-13,15-16,22-23H,6-9H2,1H3,(H,24,30)(H,28,29)(H,32,33)(H3,21,25,26,31);/q;+2/p-2. The fourth-order valence-electron chi connectivity index (χ4n) is 3.73. The number of amides is 2. The summed E-state index contributed by atoms with van der Waals surface area (Å²) < 4.78 is 0. The molecule has 1 aromatic rings. The van der Waals surface area contributed by atoms with E-state index in [1.807, 2.05) is 11.9 Å². The molecule has 1 fully saturated rings. The third-order valence-corrected chi connectivity index (χ3v) is 5.59. The minimum atomic E-state index is -1.57. The Morgan fingerprint density at radius 3 is 2.56 bits per heavy atom. The van der Waals surface area contributed by atoms with E-state index < -0.39 is 42.5 Å². The van der Waals surface area contributed by atoms with Crippen LogP contribution in [-0.4, -0.2) is 117 Å². The van der Waals surface area contributed by atoms with Gasteiger partial charge in [-0.3, -0.25) is 25.1 Å². The maximum absolute atomic E-state index is 12.3. The molecule has 6 N–H and O–H groups in total. The summed E-state index contributed by atoms with van der Waals surface area (Å²) in [4.78, 5) is 52.4. The van der Waals surface area contributed by atoms with Crippen LogP contribution in [-0.2, 0) is 14.4 Å². The van der Waals surface area contributed by atoms with E-state index in [2.05, 4.69) is 26.3 Å². The largest absolute Gasteiger partial charge is 2.00 e. The number of benzene rings is 1. The van der Waals surface area contributed by atoms with Crippen LogP contribution in [0.2, 0.25) is 0 Å². The van der Waals surface area contributed by atoms with Gasteiger partial charge in [-0.25, -0.2) is 4.99 Å². The van der Waals surface area contributed by atoms with Crippen molar-refractivity contribution in [3.8, 4) is 0 Å². The first-order valence-corrected chi connectivity index (χ1v) is 10.3. The molecule has 34 heavy (non-hydrogen) atoms. The van der Waals surface area contributed by atoms with Crippen LogP contribution in [0.25, 0.3) is 0 Å². The number of hydrogen-bond donors (Lipinski definition) is 5. The molecule has 2 amide bonds. The van der Waals surface area contributed by atoms with Crippen LogP contribution in [0.1, 0.15) is 23.2 Å². The molecule has 0 saturated carbocycles. The van der Waals surface area contributed by atoms with Gasteiger partial charge in [-0.15, -0.1) is 0 Å². The molecule has 1 aromatic carbocycles. The van der Waals surface area contributed by atoms with E-state index >= 15 is 0 Å². The molecule has 3 rings (SSSR count). The Labute approximate surface area is 225 Å². The number of nitrogens with one attached hydrogen (secondary N) is 4. The SMILES string of the molecule is CN1C(CNc2ccc(C(=O)NC(CCC(=O)[O-])C(=O)[O-])cc2)CNC2N=C(N)NC(=O)C21.[Ca+2]. The van der Waals surface area contributed by atoms with Crippen LogP contribution >= 0.6 is 0 Å². The number of carboxylic acids is 2. The number of carbonyl (C=O) groups excluding carboxylic acids is 4.